The van der Waals surface area contributed by atoms with Crippen molar-refractivity contribution in [3.8, 4) is 17.4 Å². The van der Waals surface area contributed by atoms with Gasteiger partial charge in [-0.25, -0.2) is 0 Å². The lowest BCUT2D eigenvalue weighted by Gasteiger charge is -2.07. The number of alkyl halides is 3. The average molecular weight is 377 g/mol. The predicted molar refractivity (Wildman–Crippen MR) is 89.3 cm³/mol. The summed E-state index contributed by atoms with van der Waals surface area (Å²) in [6.07, 6.45) is -3.23. The van der Waals surface area contributed by atoms with Crippen molar-refractivity contribution in [2.45, 2.75) is 19.5 Å². The van der Waals surface area contributed by atoms with Crippen molar-refractivity contribution >= 4 is 17.9 Å². The molecule has 6 nitrogen and oxygen atoms in total. The highest BCUT2D eigenvalue weighted by atomic mass is 19.4. The Kier molecular flexibility index (Phi) is 6.03. The monoisotopic (exact) mass is 377 g/mol. The standard InChI is InChI=1S/C18H14F3N3O3/c1-2-16(25)23-24-17(26)12(10-22)9-14-6-7-15(27-14)11-4-3-5-13(8-11)18(19,20)21/h3-9H,2H2,1H3,(H,23,25)(H,24,26). The summed E-state index contributed by atoms with van der Waals surface area (Å²) >= 11 is 0. The third kappa shape index (κ3) is 5.22. The number of rotatable bonds is 4. The molecular weight excluding hydrogens is 363 g/mol. The minimum Gasteiger partial charge on any atom is -0.457 e. The molecule has 2 rings (SSSR count). The number of nitrogens with one attached hydrogen (secondary N) is 2. The molecule has 140 valence electrons. The van der Waals surface area contributed by atoms with Crippen LogP contribution in [0.5, 0.6) is 0 Å². The number of carbonyl (C=O) groups is 2. The molecule has 0 aliphatic carbocycles. The van der Waals surface area contributed by atoms with Gasteiger partial charge in [-0.3, -0.25) is 20.4 Å². The zero-order valence-corrected chi connectivity index (χ0v) is 14.1. The molecule has 0 aliphatic heterocycles. The summed E-state index contributed by atoms with van der Waals surface area (Å²) in [6, 6.07) is 9.06. The topological polar surface area (TPSA) is 95.1 Å². The van der Waals surface area contributed by atoms with Crippen LogP contribution in [-0.4, -0.2) is 11.8 Å². The maximum atomic E-state index is 12.8. The molecule has 0 spiro atoms. The Bertz CT molecular complexity index is 924. The largest absolute Gasteiger partial charge is 0.457 e. The molecule has 0 radical (unpaired) electrons. The summed E-state index contributed by atoms with van der Waals surface area (Å²) < 4.78 is 43.8. The van der Waals surface area contributed by atoms with Gasteiger partial charge in [-0.2, -0.15) is 18.4 Å². The molecule has 2 amide bonds. The van der Waals surface area contributed by atoms with E-state index in [1.54, 1.807) is 13.0 Å². The summed E-state index contributed by atoms with van der Waals surface area (Å²) in [4.78, 5) is 23.0. The van der Waals surface area contributed by atoms with E-state index in [-0.39, 0.29) is 29.1 Å². The van der Waals surface area contributed by atoms with Crippen LogP contribution in [0.4, 0.5) is 13.2 Å². The smallest absolute Gasteiger partial charge is 0.416 e. The van der Waals surface area contributed by atoms with E-state index in [1.165, 1.54) is 24.3 Å². The van der Waals surface area contributed by atoms with E-state index in [2.05, 4.69) is 10.9 Å². The van der Waals surface area contributed by atoms with E-state index < -0.39 is 23.6 Å². The van der Waals surface area contributed by atoms with E-state index in [4.69, 9.17) is 9.68 Å². The van der Waals surface area contributed by atoms with Crippen LogP contribution in [0.25, 0.3) is 17.4 Å². The SMILES string of the molecule is CCC(=O)NNC(=O)C(C#N)=Cc1ccc(-c2cccc(C(F)(F)F)c2)o1. The second-order valence-corrected chi connectivity index (χ2v) is 5.31. The third-order valence-corrected chi connectivity index (χ3v) is 3.39. The molecule has 27 heavy (non-hydrogen) atoms. The zero-order chi connectivity index (χ0) is 20.0. The Labute approximate surface area is 152 Å². The number of benzene rings is 1. The number of furan rings is 1. The van der Waals surface area contributed by atoms with E-state index in [1.807, 2.05) is 0 Å². The first-order valence-corrected chi connectivity index (χ1v) is 7.73. The third-order valence-electron chi connectivity index (χ3n) is 3.39. The Morgan fingerprint density at radius 2 is 1.96 bits per heavy atom. The number of halogens is 3. The number of amides is 2. The van der Waals surface area contributed by atoms with E-state index in [0.29, 0.717) is 0 Å². The van der Waals surface area contributed by atoms with Gasteiger partial charge in [0.15, 0.2) is 0 Å². The number of nitriles is 1. The van der Waals surface area contributed by atoms with Crippen LogP contribution in [0.3, 0.4) is 0 Å². The first-order chi connectivity index (χ1) is 12.7. The fraction of sp³-hybridized carbons (Fsp3) is 0.167. The van der Waals surface area contributed by atoms with Crippen molar-refractivity contribution in [2.24, 2.45) is 0 Å². The van der Waals surface area contributed by atoms with Gasteiger partial charge in [-0.15, -0.1) is 0 Å². The van der Waals surface area contributed by atoms with Gasteiger partial charge in [-0.05, 0) is 24.3 Å². The zero-order valence-electron chi connectivity index (χ0n) is 14.1. The molecule has 0 bridgehead atoms. The van der Waals surface area contributed by atoms with Crippen molar-refractivity contribution in [3.05, 3.63) is 53.3 Å². The fourth-order valence-corrected chi connectivity index (χ4v) is 2.01. The molecule has 2 N–H and O–H groups in total. The average Bonchev–Trinajstić information content (AvgIpc) is 3.12. The van der Waals surface area contributed by atoms with E-state index in [9.17, 15) is 22.8 Å². The predicted octanol–water partition coefficient (Wildman–Crippen LogP) is 3.43. The molecule has 9 heteroatoms. The number of hydrogen-bond donors (Lipinski definition) is 2. The second kappa shape index (κ2) is 8.23. The lowest BCUT2D eigenvalue weighted by Crippen LogP contribution is -2.41. The van der Waals surface area contributed by atoms with Crippen molar-refractivity contribution in [3.63, 3.8) is 0 Å². The highest BCUT2D eigenvalue weighted by molar-refractivity contribution is 6.02. The fourth-order valence-electron chi connectivity index (χ4n) is 2.01. The highest BCUT2D eigenvalue weighted by Crippen LogP contribution is 2.32. The van der Waals surface area contributed by atoms with Crippen LogP contribution in [0.1, 0.15) is 24.7 Å². The van der Waals surface area contributed by atoms with Crippen molar-refractivity contribution < 1.29 is 27.2 Å². The Morgan fingerprint density at radius 3 is 2.59 bits per heavy atom. The van der Waals surface area contributed by atoms with Crippen LogP contribution in [0.2, 0.25) is 0 Å². The van der Waals surface area contributed by atoms with Crippen LogP contribution in [-0.2, 0) is 15.8 Å². The molecule has 0 fully saturated rings. The van der Waals surface area contributed by atoms with Crippen molar-refractivity contribution in [2.75, 3.05) is 0 Å². The number of nitrogens with zero attached hydrogens (tertiary/aromatic N) is 1. The maximum absolute atomic E-state index is 12.8. The lowest BCUT2D eigenvalue weighted by atomic mass is 10.1. The first kappa shape index (κ1) is 19.8. The van der Waals surface area contributed by atoms with Gasteiger partial charge < -0.3 is 4.42 Å². The van der Waals surface area contributed by atoms with Crippen LogP contribution < -0.4 is 10.9 Å². The highest BCUT2D eigenvalue weighted by Gasteiger charge is 2.30. The van der Waals surface area contributed by atoms with Gasteiger partial charge in [0, 0.05) is 18.1 Å². The van der Waals surface area contributed by atoms with Gasteiger partial charge in [0.05, 0.1) is 5.56 Å². The Morgan fingerprint density at radius 1 is 1.22 bits per heavy atom. The van der Waals surface area contributed by atoms with Gasteiger partial charge in [0.1, 0.15) is 23.2 Å². The minimum atomic E-state index is -4.49. The molecule has 1 aromatic carbocycles. The summed E-state index contributed by atoms with van der Waals surface area (Å²) in [5.74, 6) is -1.05. The van der Waals surface area contributed by atoms with Crippen LogP contribution >= 0.6 is 0 Å². The molecule has 1 heterocycles. The van der Waals surface area contributed by atoms with E-state index >= 15 is 0 Å². The number of hydrogen-bond acceptors (Lipinski definition) is 4. The quantitative estimate of drug-likeness (QED) is 0.485. The normalized spacial score (nSPS) is 11.6. The molecule has 1 aromatic heterocycles. The summed E-state index contributed by atoms with van der Waals surface area (Å²) in [5, 5.41) is 9.07. The van der Waals surface area contributed by atoms with Crippen LogP contribution in [0, 0.1) is 11.3 Å². The van der Waals surface area contributed by atoms with Crippen molar-refractivity contribution in [1.29, 1.82) is 5.26 Å². The number of carbonyl (C=O) groups excluding carboxylic acids is 2. The van der Waals surface area contributed by atoms with E-state index in [0.717, 1.165) is 18.2 Å². The van der Waals surface area contributed by atoms with Gasteiger partial charge in [-0.1, -0.05) is 19.1 Å². The molecule has 0 unspecified atom stereocenters. The first-order valence-electron chi connectivity index (χ1n) is 7.73. The summed E-state index contributed by atoms with van der Waals surface area (Å²) in [7, 11) is 0. The Balaban J connectivity index is 2.21. The molecule has 0 aliphatic rings. The minimum absolute atomic E-state index is 0.0935. The van der Waals surface area contributed by atoms with Crippen molar-refractivity contribution in [1.82, 2.24) is 10.9 Å². The molecular formula is C18H14F3N3O3. The summed E-state index contributed by atoms with van der Waals surface area (Å²) in [6.45, 7) is 1.58. The molecule has 0 atom stereocenters. The number of hydrazine groups is 1. The molecule has 2 aromatic rings. The summed E-state index contributed by atoms with van der Waals surface area (Å²) in [5.41, 5.74) is 3.21. The molecule has 0 saturated carbocycles. The lowest BCUT2D eigenvalue weighted by molar-refractivity contribution is -0.137. The van der Waals surface area contributed by atoms with Gasteiger partial charge >= 0.3 is 6.18 Å². The van der Waals surface area contributed by atoms with Gasteiger partial charge in [0.25, 0.3) is 5.91 Å². The Hall–Kier alpha value is -3.54. The van der Waals surface area contributed by atoms with Crippen LogP contribution in [0.15, 0.2) is 46.4 Å². The van der Waals surface area contributed by atoms with Gasteiger partial charge in [0.2, 0.25) is 5.91 Å². The molecule has 0 saturated heterocycles. The second-order valence-electron chi connectivity index (χ2n) is 5.31. The maximum Gasteiger partial charge on any atom is 0.416 e.